The van der Waals surface area contributed by atoms with Crippen LogP contribution in [0.3, 0.4) is 0 Å². The number of anilines is 1. The van der Waals surface area contributed by atoms with Gasteiger partial charge in [-0.3, -0.25) is 0 Å². The molecule has 0 saturated carbocycles. The zero-order valence-electron chi connectivity index (χ0n) is 11.8. The molecule has 0 heterocycles. The van der Waals surface area contributed by atoms with Gasteiger partial charge in [-0.2, -0.15) is 0 Å². The monoisotopic (exact) mass is 311 g/mol. The maximum Gasteiger partial charge on any atom is 0.138 e. The summed E-state index contributed by atoms with van der Waals surface area (Å²) < 4.78 is 32.0. The molecule has 112 valence electrons. The maximum absolute atomic E-state index is 13.7. The Morgan fingerprint density at radius 2 is 1.95 bits per heavy atom. The van der Waals surface area contributed by atoms with Gasteiger partial charge in [0.05, 0.1) is 17.7 Å². The fourth-order valence-corrected chi connectivity index (χ4v) is 2.28. The number of halogens is 3. The molecule has 2 rings (SSSR count). The van der Waals surface area contributed by atoms with Gasteiger partial charge >= 0.3 is 0 Å². The number of benzene rings is 2. The van der Waals surface area contributed by atoms with E-state index in [2.05, 4.69) is 5.32 Å². The lowest BCUT2D eigenvalue weighted by atomic mass is 10.1. The van der Waals surface area contributed by atoms with E-state index in [0.29, 0.717) is 22.9 Å². The second kappa shape index (κ2) is 6.76. The summed E-state index contributed by atoms with van der Waals surface area (Å²) in [6.45, 7) is 4.20. The number of hydrogen-bond donors (Lipinski definition) is 1. The van der Waals surface area contributed by atoms with Crippen LogP contribution in [0.15, 0.2) is 36.4 Å². The van der Waals surface area contributed by atoms with Crippen LogP contribution in [0.5, 0.6) is 5.75 Å². The molecule has 0 aliphatic heterocycles. The van der Waals surface area contributed by atoms with Crippen LogP contribution in [0.1, 0.15) is 25.5 Å². The van der Waals surface area contributed by atoms with Crippen LogP contribution in [-0.2, 0) is 0 Å². The SMILES string of the molecule is CCOc1ccc(NC(C)c2ccc(F)cc2F)cc1Cl. The van der Waals surface area contributed by atoms with Crippen molar-refractivity contribution in [2.45, 2.75) is 19.9 Å². The molecule has 2 nitrogen and oxygen atoms in total. The molecule has 21 heavy (non-hydrogen) atoms. The lowest BCUT2D eigenvalue weighted by Crippen LogP contribution is -2.09. The van der Waals surface area contributed by atoms with Crippen molar-refractivity contribution < 1.29 is 13.5 Å². The summed E-state index contributed by atoms with van der Waals surface area (Å²) in [5, 5.41) is 3.61. The minimum Gasteiger partial charge on any atom is -0.492 e. The molecular weight excluding hydrogens is 296 g/mol. The number of nitrogens with one attached hydrogen (secondary N) is 1. The minimum atomic E-state index is -0.590. The Morgan fingerprint density at radius 3 is 2.57 bits per heavy atom. The van der Waals surface area contributed by atoms with Crippen molar-refractivity contribution in [3.63, 3.8) is 0 Å². The average molecular weight is 312 g/mol. The molecule has 0 bridgehead atoms. The van der Waals surface area contributed by atoms with Crippen LogP contribution in [0.2, 0.25) is 5.02 Å². The average Bonchev–Trinajstić information content (AvgIpc) is 2.41. The predicted octanol–water partition coefficient (Wildman–Crippen LogP) is 5.19. The first kappa shape index (κ1) is 15.6. The first-order valence-electron chi connectivity index (χ1n) is 6.65. The van der Waals surface area contributed by atoms with E-state index in [9.17, 15) is 8.78 Å². The topological polar surface area (TPSA) is 21.3 Å². The third-order valence-corrected chi connectivity index (χ3v) is 3.34. The number of hydrogen-bond acceptors (Lipinski definition) is 2. The highest BCUT2D eigenvalue weighted by atomic mass is 35.5. The molecule has 0 aliphatic rings. The molecule has 0 spiro atoms. The normalized spacial score (nSPS) is 12.0. The van der Waals surface area contributed by atoms with E-state index in [4.69, 9.17) is 16.3 Å². The predicted molar refractivity (Wildman–Crippen MR) is 81.0 cm³/mol. The van der Waals surface area contributed by atoms with Crippen molar-refractivity contribution >= 4 is 17.3 Å². The fraction of sp³-hybridized carbons (Fsp3) is 0.250. The Labute approximate surface area is 127 Å². The van der Waals surface area contributed by atoms with Crippen LogP contribution in [0, 0.1) is 11.6 Å². The van der Waals surface area contributed by atoms with E-state index in [-0.39, 0.29) is 6.04 Å². The molecule has 2 aromatic rings. The van der Waals surface area contributed by atoms with Crippen LogP contribution in [0.4, 0.5) is 14.5 Å². The molecule has 0 aromatic heterocycles. The molecule has 0 fully saturated rings. The van der Waals surface area contributed by atoms with Crippen molar-refractivity contribution in [2.24, 2.45) is 0 Å². The van der Waals surface area contributed by atoms with Crippen LogP contribution in [-0.4, -0.2) is 6.61 Å². The molecule has 0 saturated heterocycles. The molecule has 0 amide bonds. The van der Waals surface area contributed by atoms with Crippen LogP contribution < -0.4 is 10.1 Å². The Hall–Kier alpha value is -1.81. The van der Waals surface area contributed by atoms with E-state index in [1.165, 1.54) is 12.1 Å². The Bertz CT molecular complexity index is 634. The highest BCUT2D eigenvalue weighted by molar-refractivity contribution is 6.32. The van der Waals surface area contributed by atoms with Gasteiger partial charge in [-0.05, 0) is 38.1 Å². The largest absolute Gasteiger partial charge is 0.492 e. The lowest BCUT2D eigenvalue weighted by Gasteiger charge is -2.17. The van der Waals surface area contributed by atoms with Gasteiger partial charge in [0.15, 0.2) is 0 Å². The fourth-order valence-electron chi connectivity index (χ4n) is 2.04. The summed E-state index contributed by atoms with van der Waals surface area (Å²) in [6, 6.07) is 8.49. The zero-order chi connectivity index (χ0) is 15.4. The second-order valence-electron chi connectivity index (χ2n) is 4.61. The highest BCUT2D eigenvalue weighted by Gasteiger charge is 2.12. The highest BCUT2D eigenvalue weighted by Crippen LogP contribution is 2.30. The van der Waals surface area contributed by atoms with Gasteiger partial charge < -0.3 is 10.1 Å². The number of ether oxygens (including phenoxy) is 1. The minimum absolute atomic E-state index is 0.320. The van der Waals surface area contributed by atoms with Crippen molar-refractivity contribution in [2.75, 3.05) is 11.9 Å². The van der Waals surface area contributed by atoms with Gasteiger partial charge in [0.2, 0.25) is 0 Å². The Balaban J connectivity index is 2.15. The second-order valence-corrected chi connectivity index (χ2v) is 5.02. The van der Waals surface area contributed by atoms with Gasteiger partial charge in [0.25, 0.3) is 0 Å². The summed E-state index contributed by atoms with van der Waals surface area (Å²) in [7, 11) is 0. The molecule has 1 atom stereocenters. The van der Waals surface area contributed by atoms with E-state index < -0.39 is 11.6 Å². The summed E-state index contributed by atoms with van der Waals surface area (Å²) in [4.78, 5) is 0. The van der Waals surface area contributed by atoms with Crippen LogP contribution in [0.25, 0.3) is 0 Å². The zero-order valence-corrected chi connectivity index (χ0v) is 12.5. The van der Waals surface area contributed by atoms with E-state index in [1.54, 1.807) is 25.1 Å². The van der Waals surface area contributed by atoms with Crippen molar-refractivity contribution in [3.8, 4) is 5.75 Å². The van der Waals surface area contributed by atoms with Crippen molar-refractivity contribution in [1.29, 1.82) is 0 Å². The first-order chi connectivity index (χ1) is 10.0. The number of rotatable bonds is 5. The van der Waals surface area contributed by atoms with Gasteiger partial charge in [-0.15, -0.1) is 0 Å². The lowest BCUT2D eigenvalue weighted by molar-refractivity contribution is 0.340. The Morgan fingerprint density at radius 1 is 1.19 bits per heavy atom. The molecule has 0 aliphatic carbocycles. The van der Waals surface area contributed by atoms with E-state index >= 15 is 0 Å². The van der Waals surface area contributed by atoms with Crippen molar-refractivity contribution in [3.05, 3.63) is 58.6 Å². The quantitative estimate of drug-likeness (QED) is 0.820. The Kier molecular flexibility index (Phi) is 5.02. The molecular formula is C16H16ClF2NO. The summed E-state index contributed by atoms with van der Waals surface area (Å²) >= 11 is 6.10. The van der Waals surface area contributed by atoms with Crippen molar-refractivity contribution in [1.82, 2.24) is 0 Å². The molecule has 1 unspecified atom stereocenters. The molecule has 1 N–H and O–H groups in total. The third kappa shape index (κ3) is 3.85. The van der Waals surface area contributed by atoms with Crippen LogP contribution >= 0.6 is 11.6 Å². The van der Waals surface area contributed by atoms with E-state index in [1.807, 2.05) is 6.92 Å². The first-order valence-corrected chi connectivity index (χ1v) is 7.03. The summed E-state index contributed by atoms with van der Waals surface area (Å²) in [5.41, 5.74) is 1.13. The van der Waals surface area contributed by atoms with Gasteiger partial charge in [-0.1, -0.05) is 17.7 Å². The summed E-state index contributed by atoms with van der Waals surface area (Å²) in [5.74, 6) is -0.565. The summed E-state index contributed by atoms with van der Waals surface area (Å²) in [6.07, 6.45) is 0. The van der Waals surface area contributed by atoms with Gasteiger partial charge in [0.1, 0.15) is 17.4 Å². The third-order valence-electron chi connectivity index (χ3n) is 3.04. The van der Waals surface area contributed by atoms with E-state index in [0.717, 1.165) is 11.8 Å². The molecule has 0 radical (unpaired) electrons. The van der Waals surface area contributed by atoms with Gasteiger partial charge in [0, 0.05) is 17.3 Å². The van der Waals surface area contributed by atoms with Gasteiger partial charge in [-0.25, -0.2) is 8.78 Å². The smallest absolute Gasteiger partial charge is 0.138 e. The molecule has 2 aromatic carbocycles. The maximum atomic E-state index is 13.7. The standard InChI is InChI=1S/C16H16ClF2NO/c1-3-21-16-7-5-12(9-14(16)17)20-10(2)13-6-4-11(18)8-15(13)19/h4-10,20H,3H2,1-2H3. The molecule has 5 heteroatoms.